The number of anilines is 1. The number of alkyl halides is 3. The molecule has 25 heavy (non-hydrogen) atoms. The first kappa shape index (κ1) is 17.3. The van der Waals surface area contributed by atoms with Crippen LogP contribution in [0.5, 0.6) is 0 Å². The predicted molar refractivity (Wildman–Crippen MR) is 83.8 cm³/mol. The Bertz CT molecular complexity index is 740. The number of hydrogen-bond donors (Lipinski definition) is 1. The lowest BCUT2D eigenvalue weighted by Gasteiger charge is -2.29. The summed E-state index contributed by atoms with van der Waals surface area (Å²) in [5.74, 6) is -1.25. The first-order valence-corrected chi connectivity index (χ1v) is 7.41. The number of ether oxygens (including phenoxy) is 1. The molecule has 1 aliphatic rings. The number of aromatic nitrogens is 2. The first-order valence-electron chi connectivity index (χ1n) is 7.41. The van der Waals surface area contributed by atoms with E-state index in [4.69, 9.17) is 0 Å². The van der Waals surface area contributed by atoms with Crippen LogP contribution in [-0.2, 0) is 4.74 Å². The average molecular weight is 352 g/mol. The summed E-state index contributed by atoms with van der Waals surface area (Å²) >= 11 is 0. The van der Waals surface area contributed by atoms with Crippen LogP contribution >= 0.6 is 0 Å². The van der Waals surface area contributed by atoms with Gasteiger partial charge in [-0.3, -0.25) is 4.98 Å². The zero-order chi connectivity index (χ0) is 18.0. The third-order valence-electron chi connectivity index (χ3n) is 3.82. The van der Waals surface area contributed by atoms with Crippen molar-refractivity contribution in [2.24, 2.45) is 11.0 Å². The monoisotopic (exact) mass is 352 g/mol. The first-order chi connectivity index (χ1) is 11.9. The molecule has 6 nitrogen and oxygen atoms in total. The number of pyridine rings is 2. The Morgan fingerprint density at radius 2 is 1.80 bits per heavy atom. The third kappa shape index (κ3) is 3.33. The van der Waals surface area contributed by atoms with Gasteiger partial charge in [-0.25, -0.2) is 9.99 Å². The van der Waals surface area contributed by atoms with E-state index in [1.54, 1.807) is 30.3 Å². The molecule has 2 aromatic heterocycles. The van der Waals surface area contributed by atoms with Gasteiger partial charge in [-0.1, -0.05) is 12.1 Å². The highest BCUT2D eigenvalue weighted by Crippen LogP contribution is 2.37. The fourth-order valence-electron chi connectivity index (χ4n) is 2.73. The highest BCUT2D eigenvalue weighted by Gasteiger charge is 2.54. The molecule has 1 aliphatic heterocycles. The molecule has 0 spiro atoms. The van der Waals surface area contributed by atoms with Crippen LogP contribution in [-0.4, -0.2) is 46.4 Å². The van der Waals surface area contributed by atoms with Gasteiger partial charge < -0.3 is 9.84 Å². The van der Waals surface area contributed by atoms with Crippen LogP contribution in [0, 0.1) is 5.92 Å². The molecule has 0 saturated carbocycles. The van der Waals surface area contributed by atoms with Gasteiger partial charge >= 0.3 is 6.18 Å². The number of nitrogens with zero attached hydrogens (tertiary/aromatic N) is 4. The summed E-state index contributed by atoms with van der Waals surface area (Å²) < 4.78 is 44.9. The van der Waals surface area contributed by atoms with Gasteiger partial charge in [-0.2, -0.15) is 18.3 Å². The maximum absolute atomic E-state index is 13.4. The van der Waals surface area contributed by atoms with Crippen molar-refractivity contribution in [2.45, 2.75) is 18.5 Å². The van der Waals surface area contributed by atoms with Crippen LogP contribution in [0.1, 0.15) is 5.69 Å². The molecule has 0 aliphatic carbocycles. The Labute approximate surface area is 141 Å². The number of rotatable bonds is 4. The van der Waals surface area contributed by atoms with E-state index >= 15 is 0 Å². The van der Waals surface area contributed by atoms with Gasteiger partial charge in [0.05, 0.1) is 17.3 Å². The lowest BCUT2D eigenvalue weighted by atomic mass is 9.92. The van der Waals surface area contributed by atoms with Crippen molar-refractivity contribution in [3.05, 3.63) is 54.5 Å². The van der Waals surface area contributed by atoms with Gasteiger partial charge in [0, 0.05) is 19.5 Å². The van der Waals surface area contributed by atoms with E-state index in [1.165, 1.54) is 18.5 Å². The minimum Gasteiger partial charge on any atom is -0.371 e. The molecule has 0 saturated heterocycles. The van der Waals surface area contributed by atoms with Crippen LogP contribution in [0.25, 0.3) is 0 Å². The van der Waals surface area contributed by atoms with E-state index in [2.05, 4.69) is 19.8 Å². The predicted octanol–water partition coefficient (Wildman–Crippen LogP) is 2.21. The smallest absolute Gasteiger partial charge is 0.371 e. The molecule has 0 fully saturated rings. The SMILES string of the molecule is COC(C1C(c2ccccn2)=NN(c2ccccn2)C1O)C(F)(F)F. The van der Waals surface area contributed by atoms with Crippen molar-refractivity contribution in [3.8, 4) is 0 Å². The topological polar surface area (TPSA) is 70.8 Å². The van der Waals surface area contributed by atoms with E-state index in [9.17, 15) is 18.3 Å². The molecule has 3 unspecified atom stereocenters. The van der Waals surface area contributed by atoms with Crippen LogP contribution in [0.4, 0.5) is 19.0 Å². The third-order valence-corrected chi connectivity index (χ3v) is 3.82. The largest absolute Gasteiger partial charge is 0.415 e. The van der Waals surface area contributed by atoms with Gasteiger partial charge in [0.25, 0.3) is 0 Å². The number of hydrazone groups is 1. The molecule has 0 aromatic carbocycles. The van der Waals surface area contributed by atoms with Crippen molar-refractivity contribution >= 4 is 11.5 Å². The van der Waals surface area contributed by atoms with Gasteiger partial charge in [0.1, 0.15) is 0 Å². The molecular weight excluding hydrogens is 337 g/mol. The second-order valence-corrected chi connectivity index (χ2v) is 5.37. The maximum Gasteiger partial charge on any atom is 0.415 e. The zero-order valence-electron chi connectivity index (χ0n) is 13.1. The molecule has 3 rings (SSSR count). The number of hydrogen-bond acceptors (Lipinski definition) is 6. The Morgan fingerprint density at radius 3 is 2.32 bits per heavy atom. The summed E-state index contributed by atoms with van der Waals surface area (Å²) in [6, 6.07) is 9.64. The Kier molecular flexibility index (Phi) is 4.69. The van der Waals surface area contributed by atoms with Gasteiger partial charge in [0.2, 0.25) is 0 Å². The number of aliphatic hydroxyl groups excluding tert-OH is 1. The van der Waals surface area contributed by atoms with E-state index in [1.807, 2.05) is 0 Å². The molecule has 3 atom stereocenters. The van der Waals surface area contributed by atoms with Crippen molar-refractivity contribution < 1.29 is 23.0 Å². The number of aliphatic hydroxyl groups is 1. The average Bonchev–Trinajstić information content (AvgIpc) is 2.93. The van der Waals surface area contributed by atoms with E-state index in [-0.39, 0.29) is 17.2 Å². The zero-order valence-corrected chi connectivity index (χ0v) is 13.1. The van der Waals surface area contributed by atoms with E-state index in [0.717, 1.165) is 12.1 Å². The summed E-state index contributed by atoms with van der Waals surface area (Å²) in [6.45, 7) is 0. The summed E-state index contributed by atoms with van der Waals surface area (Å²) in [5, 5.41) is 15.8. The maximum atomic E-state index is 13.4. The Hall–Kier alpha value is -2.52. The second-order valence-electron chi connectivity index (χ2n) is 5.37. The number of methoxy groups -OCH3 is 1. The van der Waals surface area contributed by atoms with Crippen molar-refractivity contribution in [2.75, 3.05) is 12.1 Å². The summed E-state index contributed by atoms with van der Waals surface area (Å²) in [6.07, 6.45) is -5.62. The van der Waals surface area contributed by atoms with Crippen LogP contribution in [0.3, 0.4) is 0 Å². The van der Waals surface area contributed by atoms with Crippen molar-refractivity contribution in [1.82, 2.24) is 9.97 Å². The molecule has 2 aromatic rings. The van der Waals surface area contributed by atoms with Crippen LogP contribution < -0.4 is 5.01 Å². The molecular formula is C16H15F3N4O2. The van der Waals surface area contributed by atoms with Crippen molar-refractivity contribution in [3.63, 3.8) is 0 Å². The van der Waals surface area contributed by atoms with Crippen LogP contribution in [0.15, 0.2) is 53.9 Å². The quantitative estimate of drug-likeness (QED) is 0.914. The minimum atomic E-state index is -4.68. The highest BCUT2D eigenvalue weighted by molar-refractivity contribution is 6.03. The van der Waals surface area contributed by atoms with Gasteiger partial charge in [0.15, 0.2) is 18.1 Å². The fourth-order valence-corrected chi connectivity index (χ4v) is 2.73. The highest BCUT2D eigenvalue weighted by atomic mass is 19.4. The lowest BCUT2D eigenvalue weighted by molar-refractivity contribution is -0.227. The van der Waals surface area contributed by atoms with E-state index < -0.39 is 24.4 Å². The standard InChI is InChI=1S/C16H15F3N4O2/c1-25-14(16(17,18)19)12-13(10-6-2-4-8-20-10)22-23(15(12)24)11-7-3-5-9-21-11/h2-9,12,14-15,24H,1H3. The van der Waals surface area contributed by atoms with Gasteiger partial charge in [-0.05, 0) is 24.3 Å². The van der Waals surface area contributed by atoms with Crippen molar-refractivity contribution in [1.29, 1.82) is 0 Å². The van der Waals surface area contributed by atoms with E-state index in [0.29, 0.717) is 0 Å². The molecule has 3 heterocycles. The molecule has 0 bridgehead atoms. The molecule has 0 amide bonds. The van der Waals surface area contributed by atoms with Crippen LogP contribution in [0.2, 0.25) is 0 Å². The molecule has 1 N–H and O–H groups in total. The number of halogens is 3. The Balaban J connectivity index is 2.08. The molecule has 132 valence electrons. The second kappa shape index (κ2) is 6.77. The fraction of sp³-hybridized carbons (Fsp3) is 0.312. The normalized spacial score (nSPS) is 22.0. The molecule has 9 heteroatoms. The summed E-state index contributed by atoms with van der Waals surface area (Å²) in [4.78, 5) is 8.10. The minimum absolute atomic E-state index is 0.0112. The van der Waals surface area contributed by atoms with Gasteiger partial charge in [-0.15, -0.1) is 0 Å². The molecule has 0 radical (unpaired) electrons. The lowest BCUT2D eigenvalue weighted by Crippen LogP contribution is -2.48. The Morgan fingerprint density at radius 1 is 1.12 bits per heavy atom. The summed E-state index contributed by atoms with van der Waals surface area (Å²) in [7, 11) is 0.949. The summed E-state index contributed by atoms with van der Waals surface area (Å²) in [5.41, 5.74) is 0.221.